The van der Waals surface area contributed by atoms with Gasteiger partial charge in [0.15, 0.2) is 0 Å². The summed E-state index contributed by atoms with van der Waals surface area (Å²) < 4.78 is 35.8. The first kappa shape index (κ1) is 58.0. The summed E-state index contributed by atoms with van der Waals surface area (Å²) in [6.45, 7) is 12.5. The van der Waals surface area contributed by atoms with Crippen molar-refractivity contribution in [1.82, 2.24) is 0 Å². The van der Waals surface area contributed by atoms with Crippen molar-refractivity contribution in [3.63, 3.8) is 0 Å². The van der Waals surface area contributed by atoms with Gasteiger partial charge in [-0.1, -0.05) is 130 Å². The lowest BCUT2D eigenvalue weighted by molar-refractivity contribution is -0.150. The third-order valence-corrected chi connectivity index (χ3v) is 19.7. The quantitative estimate of drug-likeness (QED) is 0.0431. The Labute approximate surface area is 521 Å². The molecule has 1 atom stereocenters. The number of benzene rings is 6. The van der Waals surface area contributed by atoms with Crippen LogP contribution in [0.25, 0.3) is 34.1 Å². The Hall–Kier alpha value is -7.72. The summed E-state index contributed by atoms with van der Waals surface area (Å²) in [5.74, 6) is 1.99. The zero-order chi connectivity index (χ0) is 59.3. The van der Waals surface area contributed by atoms with Gasteiger partial charge in [-0.3, -0.25) is 0 Å². The highest BCUT2D eigenvalue weighted by atomic mass is 16.5. The van der Waals surface area contributed by atoms with Crippen LogP contribution in [-0.4, -0.2) is 66.1 Å². The van der Waals surface area contributed by atoms with Gasteiger partial charge in [0.25, 0.3) is 0 Å². The zero-order valence-corrected chi connectivity index (χ0v) is 51.6. The van der Waals surface area contributed by atoms with E-state index >= 15 is 0 Å². The molecule has 8 nitrogen and oxygen atoms in total. The fourth-order valence-corrected chi connectivity index (χ4v) is 14.2. The van der Waals surface area contributed by atoms with Gasteiger partial charge in [-0.15, -0.1) is 0 Å². The van der Waals surface area contributed by atoms with Crippen molar-refractivity contribution in [1.29, 1.82) is 0 Å². The Bertz CT molecular complexity index is 3800. The molecule has 0 radical (unpaired) electrons. The van der Waals surface area contributed by atoms with Crippen LogP contribution in [0.3, 0.4) is 0 Å². The third-order valence-electron chi connectivity index (χ3n) is 19.7. The minimum absolute atomic E-state index is 0.197. The van der Waals surface area contributed by atoms with Crippen molar-refractivity contribution in [2.45, 2.75) is 97.3 Å². The van der Waals surface area contributed by atoms with Gasteiger partial charge in [-0.2, -0.15) is 0 Å². The first-order chi connectivity index (χ1) is 43.5. The topological polar surface area (TPSA) is 61.9 Å². The lowest BCUT2D eigenvalue weighted by Gasteiger charge is -2.41. The van der Waals surface area contributed by atoms with E-state index in [-0.39, 0.29) is 16.7 Å². The van der Waals surface area contributed by atoms with Crippen molar-refractivity contribution >= 4 is 51.4 Å². The maximum Gasteiger partial charge on any atom is 0.119 e. The predicted molar refractivity (Wildman–Crippen MR) is 361 cm³/mol. The van der Waals surface area contributed by atoms with Crippen molar-refractivity contribution < 1.29 is 28.4 Å². The second-order valence-electron chi connectivity index (χ2n) is 25.6. The van der Waals surface area contributed by atoms with Crippen LogP contribution in [-0.2, 0) is 31.8 Å². The number of unbranched alkanes of at least 4 members (excludes halogenated alkanes) is 6. The van der Waals surface area contributed by atoms with Gasteiger partial charge < -0.3 is 38.2 Å². The number of hydrogen-bond donors (Lipinski definition) is 0. The molecule has 0 saturated carbocycles. The molecule has 2 fully saturated rings. The summed E-state index contributed by atoms with van der Waals surface area (Å²) in [5, 5.41) is 2.78. The lowest BCUT2D eigenvalue weighted by Crippen LogP contribution is -2.45. The molecule has 0 N–H and O–H groups in total. The highest BCUT2D eigenvalue weighted by Crippen LogP contribution is 2.52. The summed E-state index contributed by atoms with van der Waals surface area (Å²) >= 11 is 0. The molecule has 14 rings (SSSR count). The Morgan fingerprint density at radius 1 is 0.500 bits per heavy atom. The lowest BCUT2D eigenvalue weighted by atomic mass is 9.68. The summed E-state index contributed by atoms with van der Waals surface area (Å²) in [5.41, 5.74) is 21.8. The van der Waals surface area contributed by atoms with E-state index in [9.17, 15) is 0 Å². The molecule has 8 aliphatic rings. The third kappa shape index (κ3) is 11.9. The number of ether oxygens (including phenoxy) is 6. The van der Waals surface area contributed by atoms with E-state index in [1.54, 1.807) is 0 Å². The molecule has 8 heteroatoms. The number of nitrogens with zero attached hydrogens (tertiary/aromatic N) is 2. The van der Waals surface area contributed by atoms with Crippen LogP contribution in [0, 0.1) is 16.7 Å². The number of anilines is 5. The minimum atomic E-state index is 0.197. The molecular formula is C80H84N2O6. The van der Waals surface area contributed by atoms with Crippen LogP contribution < -0.4 is 19.3 Å². The molecule has 0 spiro atoms. The van der Waals surface area contributed by atoms with E-state index in [0.29, 0.717) is 13.2 Å². The summed E-state index contributed by atoms with van der Waals surface area (Å²) in [7, 11) is 0. The SMILES string of the molecule is CCC1(COCCCCCCOc2ccc(N(C3=CC4=C5C(=CC=C6C=CC=C3C65)CC=C4)c3ccc(-c4ccc(N(c5ccc(OCCCCCCOCC6(CC)COC6)cc5)c5cc6c7c(ccc8c7c5CC=C8)CC=C6)cc4)cc3)cc2)COC1. The van der Waals surface area contributed by atoms with E-state index in [1.807, 2.05) is 0 Å². The Kier molecular flexibility index (Phi) is 17.2. The molecule has 2 aliphatic heterocycles. The monoisotopic (exact) mass is 1170 g/mol. The van der Waals surface area contributed by atoms with Gasteiger partial charge in [0.05, 0.1) is 64.2 Å². The molecule has 0 bridgehead atoms. The van der Waals surface area contributed by atoms with Crippen molar-refractivity contribution in [2.75, 3.05) is 75.9 Å². The Balaban J connectivity index is 0.701. The molecule has 6 aromatic rings. The van der Waals surface area contributed by atoms with E-state index in [2.05, 4.69) is 212 Å². The first-order valence-electron chi connectivity index (χ1n) is 32.9. The number of hydrogen-bond acceptors (Lipinski definition) is 8. The van der Waals surface area contributed by atoms with E-state index in [0.717, 1.165) is 182 Å². The molecule has 2 saturated heterocycles. The van der Waals surface area contributed by atoms with Gasteiger partial charge in [0, 0.05) is 52.7 Å². The standard InChI is InChI=1S/C80H84N2O6/c1-3-79(53-85-54-79)51-83-45-9-5-7-11-47-87-69-41-37-67(38-42-69)81(73-49-63-21-13-17-59-25-27-61-19-15-23-71(73)77(61)75(59)63)65-33-29-57(30-34-65)58-31-35-66(36-32-58)82(74-50-64-22-14-18-60-26-28-62-20-16-24-72(74)78(62)76(60)64)68-39-43-70(44-40-68)88-48-12-8-6-10-46-84-52-80(4-2)55-86-56-80/h13-16,19-23,25-44,49-50,77H,3-12,17-18,24,45-48,51-56H2,1-2H3. The molecular weight excluding hydrogens is 1080 g/mol. The molecule has 450 valence electrons. The Morgan fingerprint density at radius 3 is 1.62 bits per heavy atom. The normalized spacial score (nSPS) is 18.4. The second-order valence-corrected chi connectivity index (χ2v) is 25.6. The molecule has 88 heavy (non-hydrogen) atoms. The van der Waals surface area contributed by atoms with E-state index in [4.69, 9.17) is 28.4 Å². The van der Waals surface area contributed by atoms with Crippen LogP contribution in [0.4, 0.5) is 28.4 Å². The van der Waals surface area contributed by atoms with Gasteiger partial charge in [-0.05, 0) is 228 Å². The molecule has 0 amide bonds. The number of allylic oxidation sites excluding steroid dienone is 15. The van der Waals surface area contributed by atoms with Crippen LogP contribution >= 0.6 is 0 Å². The average molecular weight is 1170 g/mol. The smallest absolute Gasteiger partial charge is 0.119 e. The Morgan fingerprint density at radius 2 is 1.05 bits per heavy atom. The fourth-order valence-electron chi connectivity index (χ4n) is 14.2. The predicted octanol–water partition coefficient (Wildman–Crippen LogP) is 19.2. The van der Waals surface area contributed by atoms with Crippen molar-refractivity contribution in [2.24, 2.45) is 16.7 Å². The zero-order valence-electron chi connectivity index (χ0n) is 51.6. The van der Waals surface area contributed by atoms with Gasteiger partial charge in [0.2, 0.25) is 0 Å². The average Bonchev–Trinajstić information content (AvgIpc) is 0.793. The van der Waals surface area contributed by atoms with Crippen molar-refractivity contribution in [3.8, 4) is 22.6 Å². The van der Waals surface area contributed by atoms with E-state index in [1.165, 1.54) is 72.3 Å². The van der Waals surface area contributed by atoms with Gasteiger partial charge in [0.1, 0.15) is 11.5 Å². The van der Waals surface area contributed by atoms with Gasteiger partial charge >= 0.3 is 0 Å². The summed E-state index contributed by atoms with van der Waals surface area (Å²) in [6, 6.07) is 42.9. The first-order valence-corrected chi connectivity index (χ1v) is 32.9. The highest BCUT2D eigenvalue weighted by molar-refractivity contribution is 6.07. The van der Waals surface area contributed by atoms with Gasteiger partial charge in [-0.25, -0.2) is 0 Å². The fraction of sp³-hybridized carbons (Fsp3) is 0.350. The van der Waals surface area contributed by atoms with Crippen LogP contribution in [0.1, 0.15) is 107 Å². The van der Waals surface area contributed by atoms with Crippen LogP contribution in [0.15, 0.2) is 210 Å². The maximum atomic E-state index is 6.38. The van der Waals surface area contributed by atoms with Crippen LogP contribution in [0.5, 0.6) is 11.5 Å². The minimum Gasteiger partial charge on any atom is -0.494 e. The molecule has 6 aromatic carbocycles. The van der Waals surface area contributed by atoms with Crippen LogP contribution in [0.2, 0.25) is 0 Å². The molecule has 0 aromatic heterocycles. The number of rotatable bonds is 29. The maximum absolute atomic E-state index is 6.38. The highest BCUT2D eigenvalue weighted by Gasteiger charge is 2.39. The van der Waals surface area contributed by atoms with Crippen molar-refractivity contribution in [3.05, 3.63) is 232 Å². The molecule has 1 unspecified atom stereocenters. The summed E-state index contributed by atoms with van der Waals surface area (Å²) in [6.07, 6.45) is 41.6. The van der Waals surface area contributed by atoms with E-state index < -0.39 is 0 Å². The molecule has 6 aliphatic carbocycles. The molecule has 2 heterocycles. The summed E-state index contributed by atoms with van der Waals surface area (Å²) in [4.78, 5) is 4.92. The second kappa shape index (κ2) is 26.2. The largest absolute Gasteiger partial charge is 0.494 e.